The normalized spacial score (nSPS) is 11.7. The van der Waals surface area contributed by atoms with Crippen molar-refractivity contribution in [2.45, 2.75) is 6.18 Å². The van der Waals surface area contributed by atoms with Gasteiger partial charge >= 0.3 is 6.18 Å². The lowest BCUT2D eigenvalue weighted by atomic mass is 10.1. The van der Waals surface area contributed by atoms with Crippen LogP contribution in [0.1, 0.15) is 5.56 Å². The molecular formula is C10H12F3NOS. The number of alkyl halides is 3. The number of rotatable bonds is 2. The average Bonchev–Trinajstić information content (AvgIpc) is 2.15. The quantitative estimate of drug-likeness (QED) is 0.789. The molecule has 0 radical (unpaired) electrons. The van der Waals surface area contributed by atoms with E-state index in [0.717, 1.165) is 6.07 Å². The Kier molecular flexibility index (Phi) is 3.96. The molecule has 0 aliphatic rings. The Morgan fingerprint density at radius 2 is 1.88 bits per heavy atom. The van der Waals surface area contributed by atoms with E-state index in [2.05, 4.69) is 4.36 Å². The van der Waals surface area contributed by atoms with E-state index in [0.29, 0.717) is 0 Å². The van der Waals surface area contributed by atoms with Crippen LogP contribution in [-0.2, 0) is 16.9 Å². The van der Waals surface area contributed by atoms with Gasteiger partial charge in [-0.05, 0) is 24.6 Å². The third-order valence-corrected chi connectivity index (χ3v) is 2.35. The molecule has 0 bridgehead atoms. The summed E-state index contributed by atoms with van der Waals surface area (Å²) in [6.45, 7) is 0. The van der Waals surface area contributed by atoms with E-state index in [9.17, 15) is 13.2 Å². The van der Waals surface area contributed by atoms with Gasteiger partial charge < -0.3 is 4.74 Å². The van der Waals surface area contributed by atoms with E-state index in [1.807, 2.05) is 0 Å². The van der Waals surface area contributed by atoms with Gasteiger partial charge in [0.05, 0.1) is 12.7 Å². The molecule has 0 aromatic heterocycles. The van der Waals surface area contributed by atoms with Crippen molar-refractivity contribution in [2.24, 2.45) is 4.36 Å². The van der Waals surface area contributed by atoms with Crippen molar-refractivity contribution in [1.29, 1.82) is 0 Å². The summed E-state index contributed by atoms with van der Waals surface area (Å²) in [6, 6.07) is 3.79. The summed E-state index contributed by atoms with van der Waals surface area (Å²) in [5.41, 5.74) is -0.876. The number of hydrogen-bond acceptors (Lipinski definition) is 2. The maximum atomic E-state index is 12.7. The third-order valence-electron chi connectivity index (χ3n) is 1.80. The van der Waals surface area contributed by atoms with Crippen LogP contribution in [0.3, 0.4) is 0 Å². The Hall–Kier alpha value is -1.04. The van der Waals surface area contributed by atoms with Crippen LogP contribution in [0.4, 0.5) is 18.9 Å². The second-order valence-corrected chi connectivity index (χ2v) is 4.95. The number of benzene rings is 1. The zero-order valence-corrected chi connectivity index (χ0v) is 9.95. The molecule has 1 aromatic rings. The molecule has 0 heterocycles. The fraction of sp³-hybridized carbons (Fsp3) is 0.400. The molecule has 16 heavy (non-hydrogen) atoms. The molecule has 0 aliphatic carbocycles. The second kappa shape index (κ2) is 4.86. The van der Waals surface area contributed by atoms with E-state index >= 15 is 0 Å². The van der Waals surface area contributed by atoms with Gasteiger partial charge in [-0.3, -0.25) is 0 Å². The monoisotopic (exact) mass is 251 g/mol. The van der Waals surface area contributed by atoms with Gasteiger partial charge in [0, 0.05) is 0 Å². The van der Waals surface area contributed by atoms with E-state index in [4.69, 9.17) is 4.74 Å². The molecule has 0 atom stereocenters. The van der Waals surface area contributed by atoms with Crippen molar-refractivity contribution in [1.82, 2.24) is 0 Å². The van der Waals surface area contributed by atoms with Gasteiger partial charge in [0.2, 0.25) is 0 Å². The number of methoxy groups -OCH3 is 1. The highest BCUT2D eigenvalue weighted by molar-refractivity contribution is 7.85. The molecular weight excluding hydrogens is 239 g/mol. The highest BCUT2D eigenvalue weighted by Crippen LogP contribution is 2.41. The van der Waals surface area contributed by atoms with E-state index in [-0.39, 0.29) is 11.4 Å². The molecule has 6 heteroatoms. The van der Waals surface area contributed by atoms with Crippen molar-refractivity contribution in [3.63, 3.8) is 0 Å². The summed E-state index contributed by atoms with van der Waals surface area (Å²) in [5.74, 6) is 0.149. The van der Waals surface area contributed by atoms with Crippen LogP contribution in [0.2, 0.25) is 0 Å². The maximum absolute atomic E-state index is 12.7. The molecule has 0 spiro atoms. The summed E-state index contributed by atoms with van der Waals surface area (Å²) in [5, 5.41) is 0. The van der Waals surface area contributed by atoms with Crippen LogP contribution in [0.25, 0.3) is 0 Å². The Balaban J connectivity index is 3.44. The predicted octanol–water partition coefficient (Wildman–Crippen LogP) is 3.41. The first kappa shape index (κ1) is 13.0. The lowest BCUT2D eigenvalue weighted by Gasteiger charge is -2.13. The van der Waals surface area contributed by atoms with E-state index < -0.39 is 22.4 Å². The molecule has 90 valence electrons. The minimum Gasteiger partial charge on any atom is -0.494 e. The van der Waals surface area contributed by atoms with Crippen LogP contribution >= 0.6 is 0 Å². The van der Waals surface area contributed by atoms with Crippen molar-refractivity contribution in [3.8, 4) is 5.75 Å². The summed E-state index contributed by atoms with van der Waals surface area (Å²) in [7, 11) is 0.853. The van der Waals surface area contributed by atoms with Crippen LogP contribution in [0.5, 0.6) is 5.75 Å². The molecule has 0 saturated carbocycles. The number of halogens is 3. The lowest BCUT2D eigenvalue weighted by Crippen LogP contribution is -2.06. The number of nitrogens with zero attached hydrogens (tertiary/aromatic N) is 1. The van der Waals surface area contributed by atoms with Crippen LogP contribution in [0, 0.1) is 0 Å². The van der Waals surface area contributed by atoms with Crippen molar-refractivity contribution >= 4 is 16.4 Å². The lowest BCUT2D eigenvalue weighted by molar-refractivity contribution is -0.137. The zero-order valence-electron chi connectivity index (χ0n) is 9.13. The van der Waals surface area contributed by atoms with Gasteiger partial charge in [-0.25, -0.2) is 4.36 Å². The first-order chi connectivity index (χ1) is 7.36. The van der Waals surface area contributed by atoms with Crippen LogP contribution < -0.4 is 4.74 Å². The SMILES string of the molecule is COc1cccc(C(F)(F)F)c1N=S(C)C. The molecule has 1 rings (SSSR count). The fourth-order valence-electron chi connectivity index (χ4n) is 1.19. The molecule has 0 amide bonds. The van der Waals surface area contributed by atoms with Crippen molar-refractivity contribution < 1.29 is 17.9 Å². The topological polar surface area (TPSA) is 21.6 Å². The molecule has 0 N–H and O–H groups in total. The van der Waals surface area contributed by atoms with Gasteiger partial charge in [0.15, 0.2) is 0 Å². The number of ether oxygens (including phenoxy) is 1. The molecule has 0 aliphatic heterocycles. The van der Waals surface area contributed by atoms with Gasteiger partial charge in [-0.1, -0.05) is 6.07 Å². The van der Waals surface area contributed by atoms with Crippen LogP contribution in [-0.4, -0.2) is 19.6 Å². The van der Waals surface area contributed by atoms with E-state index in [1.165, 1.54) is 19.2 Å². The Morgan fingerprint density at radius 3 is 2.31 bits per heavy atom. The Morgan fingerprint density at radius 1 is 1.25 bits per heavy atom. The maximum Gasteiger partial charge on any atom is 0.418 e. The standard InChI is InChI=1S/C10H12F3NOS/c1-15-8-6-4-5-7(10(11,12)13)9(8)14-16(2)3/h4-6H,1-3H3. The predicted molar refractivity (Wildman–Crippen MR) is 59.3 cm³/mol. The second-order valence-electron chi connectivity index (χ2n) is 3.22. The van der Waals surface area contributed by atoms with Gasteiger partial charge in [-0.2, -0.15) is 13.2 Å². The van der Waals surface area contributed by atoms with Gasteiger partial charge in [0.25, 0.3) is 0 Å². The van der Waals surface area contributed by atoms with Gasteiger partial charge in [-0.15, -0.1) is 10.7 Å². The minimum atomic E-state index is -4.41. The summed E-state index contributed by atoms with van der Waals surface area (Å²) in [4.78, 5) is 0. The zero-order chi connectivity index (χ0) is 12.3. The third kappa shape index (κ3) is 2.98. The Bertz CT molecular complexity index is 411. The van der Waals surface area contributed by atoms with Gasteiger partial charge in [0.1, 0.15) is 11.4 Å². The van der Waals surface area contributed by atoms with Crippen molar-refractivity contribution in [2.75, 3.05) is 19.6 Å². The highest BCUT2D eigenvalue weighted by Gasteiger charge is 2.34. The van der Waals surface area contributed by atoms with E-state index in [1.54, 1.807) is 12.5 Å². The minimum absolute atomic E-state index is 0.120. The molecule has 1 aromatic carbocycles. The summed E-state index contributed by atoms with van der Waals surface area (Å²) < 4.78 is 47.0. The molecule has 0 saturated heterocycles. The molecule has 2 nitrogen and oxygen atoms in total. The molecule has 0 unspecified atom stereocenters. The van der Waals surface area contributed by atoms with Crippen LogP contribution in [0.15, 0.2) is 22.6 Å². The van der Waals surface area contributed by atoms with Crippen molar-refractivity contribution in [3.05, 3.63) is 23.8 Å². The smallest absolute Gasteiger partial charge is 0.418 e. The summed E-state index contributed by atoms with van der Waals surface area (Å²) >= 11 is 0. The fourth-order valence-corrected chi connectivity index (χ4v) is 1.75. The first-order valence-corrected chi connectivity index (χ1v) is 6.39. The Labute approximate surface area is 94.5 Å². The first-order valence-electron chi connectivity index (χ1n) is 4.40. The average molecular weight is 251 g/mol. The summed E-state index contributed by atoms with van der Waals surface area (Å²) in [6.07, 6.45) is -0.925. The number of hydrogen-bond donors (Lipinski definition) is 0. The molecule has 0 fully saturated rings. The largest absolute Gasteiger partial charge is 0.494 e. The highest BCUT2D eigenvalue weighted by atomic mass is 32.2.